The molecule has 1 unspecified atom stereocenters. The van der Waals surface area contributed by atoms with Crippen molar-refractivity contribution >= 4 is 0 Å². The molecule has 20 heavy (non-hydrogen) atoms. The van der Waals surface area contributed by atoms with Crippen molar-refractivity contribution in [3.63, 3.8) is 0 Å². The standard InChI is InChI=1S/C18H22FN/c1-12(2)14-5-7-15(8-6-14)17-11-16(13(3)20-4)9-10-18(17)19/h5-13,20H,1-4H3. The smallest absolute Gasteiger partial charge is 0.131 e. The van der Waals surface area contributed by atoms with E-state index < -0.39 is 0 Å². The van der Waals surface area contributed by atoms with Gasteiger partial charge in [0.25, 0.3) is 0 Å². The topological polar surface area (TPSA) is 12.0 Å². The molecule has 0 aliphatic carbocycles. The molecule has 0 aliphatic heterocycles. The normalized spacial score (nSPS) is 12.7. The van der Waals surface area contributed by atoms with E-state index in [4.69, 9.17) is 0 Å². The quantitative estimate of drug-likeness (QED) is 0.834. The van der Waals surface area contributed by atoms with E-state index in [2.05, 4.69) is 38.2 Å². The molecule has 1 atom stereocenters. The highest BCUT2D eigenvalue weighted by molar-refractivity contribution is 5.65. The summed E-state index contributed by atoms with van der Waals surface area (Å²) in [5, 5.41) is 3.18. The van der Waals surface area contributed by atoms with Crippen molar-refractivity contribution in [2.75, 3.05) is 7.05 Å². The Bertz CT molecular complexity index is 572. The molecule has 0 saturated carbocycles. The zero-order chi connectivity index (χ0) is 14.7. The van der Waals surface area contributed by atoms with Gasteiger partial charge >= 0.3 is 0 Å². The number of rotatable bonds is 4. The fourth-order valence-electron chi connectivity index (χ4n) is 2.25. The Hall–Kier alpha value is -1.67. The lowest BCUT2D eigenvalue weighted by molar-refractivity contribution is 0.622. The van der Waals surface area contributed by atoms with E-state index >= 15 is 0 Å². The number of hydrogen-bond donors (Lipinski definition) is 1. The van der Waals surface area contributed by atoms with Gasteiger partial charge in [0.15, 0.2) is 0 Å². The minimum absolute atomic E-state index is 0.172. The Morgan fingerprint density at radius 3 is 2.05 bits per heavy atom. The summed E-state index contributed by atoms with van der Waals surface area (Å²) in [5.41, 5.74) is 3.96. The molecule has 2 aromatic carbocycles. The van der Waals surface area contributed by atoms with Crippen LogP contribution < -0.4 is 5.32 Å². The van der Waals surface area contributed by atoms with Gasteiger partial charge in [-0.05, 0) is 48.7 Å². The van der Waals surface area contributed by atoms with Crippen molar-refractivity contribution in [1.82, 2.24) is 5.32 Å². The molecule has 0 heterocycles. The predicted octanol–water partition coefficient (Wildman–Crippen LogP) is 4.90. The summed E-state index contributed by atoms with van der Waals surface area (Å²) in [6.45, 7) is 6.38. The molecular weight excluding hydrogens is 249 g/mol. The molecule has 2 rings (SSSR count). The first-order chi connectivity index (χ1) is 9.52. The Kier molecular flexibility index (Phi) is 4.56. The Labute approximate surface area is 120 Å². The number of halogens is 1. The van der Waals surface area contributed by atoms with Crippen molar-refractivity contribution in [2.45, 2.75) is 32.7 Å². The molecule has 106 valence electrons. The van der Waals surface area contributed by atoms with Gasteiger partial charge in [0.1, 0.15) is 5.82 Å². The number of benzene rings is 2. The van der Waals surface area contributed by atoms with Gasteiger partial charge < -0.3 is 5.32 Å². The van der Waals surface area contributed by atoms with Gasteiger partial charge in [-0.25, -0.2) is 4.39 Å². The number of nitrogens with one attached hydrogen (secondary N) is 1. The molecule has 2 heteroatoms. The van der Waals surface area contributed by atoms with E-state index in [1.54, 1.807) is 6.07 Å². The summed E-state index contributed by atoms with van der Waals surface area (Å²) in [6.07, 6.45) is 0. The Morgan fingerprint density at radius 2 is 1.50 bits per heavy atom. The monoisotopic (exact) mass is 271 g/mol. The summed E-state index contributed by atoms with van der Waals surface area (Å²) >= 11 is 0. The third kappa shape index (κ3) is 3.07. The first-order valence-electron chi connectivity index (χ1n) is 7.10. The maximum absolute atomic E-state index is 14.1. The van der Waals surface area contributed by atoms with Crippen LogP contribution in [0.3, 0.4) is 0 Å². The molecule has 0 saturated heterocycles. The molecule has 0 amide bonds. The second-order valence-electron chi connectivity index (χ2n) is 5.53. The van der Waals surface area contributed by atoms with Gasteiger partial charge in [-0.15, -0.1) is 0 Å². The fraction of sp³-hybridized carbons (Fsp3) is 0.333. The lowest BCUT2D eigenvalue weighted by Crippen LogP contribution is -2.12. The average Bonchev–Trinajstić information content (AvgIpc) is 2.47. The molecule has 0 bridgehead atoms. The highest BCUT2D eigenvalue weighted by Gasteiger charge is 2.10. The zero-order valence-corrected chi connectivity index (χ0v) is 12.6. The van der Waals surface area contributed by atoms with Crippen LogP contribution in [-0.2, 0) is 0 Å². The minimum Gasteiger partial charge on any atom is -0.313 e. The van der Waals surface area contributed by atoms with E-state index in [1.165, 1.54) is 5.56 Å². The molecule has 0 fully saturated rings. The maximum Gasteiger partial charge on any atom is 0.131 e. The maximum atomic E-state index is 14.1. The third-order valence-corrected chi connectivity index (χ3v) is 3.81. The number of hydrogen-bond acceptors (Lipinski definition) is 1. The van der Waals surface area contributed by atoms with Crippen molar-refractivity contribution < 1.29 is 4.39 Å². The Balaban J connectivity index is 2.40. The van der Waals surface area contributed by atoms with Gasteiger partial charge in [-0.2, -0.15) is 0 Å². The summed E-state index contributed by atoms with van der Waals surface area (Å²) < 4.78 is 14.1. The van der Waals surface area contributed by atoms with Crippen LogP contribution in [0.15, 0.2) is 42.5 Å². The van der Waals surface area contributed by atoms with Crippen molar-refractivity contribution in [3.8, 4) is 11.1 Å². The second-order valence-corrected chi connectivity index (χ2v) is 5.53. The van der Waals surface area contributed by atoms with E-state index in [0.29, 0.717) is 11.5 Å². The van der Waals surface area contributed by atoms with Crippen LogP contribution in [0, 0.1) is 5.82 Å². The molecule has 2 aromatic rings. The van der Waals surface area contributed by atoms with Gasteiger partial charge in [-0.3, -0.25) is 0 Å². The second kappa shape index (κ2) is 6.19. The van der Waals surface area contributed by atoms with Crippen molar-refractivity contribution in [2.24, 2.45) is 0 Å². The van der Waals surface area contributed by atoms with Crippen LogP contribution in [-0.4, -0.2) is 7.05 Å². The first kappa shape index (κ1) is 14.7. The van der Waals surface area contributed by atoms with Crippen molar-refractivity contribution in [1.29, 1.82) is 0 Å². The zero-order valence-electron chi connectivity index (χ0n) is 12.6. The fourth-order valence-corrected chi connectivity index (χ4v) is 2.25. The highest BCUT2D eigenvalue weighted by Crippen LogP contribution is 2.27. The SMILES string of the molecule is CNC(C)c1ccc(F)c(-c2ccc(C(C)C)cc2)c1. The van der Waals surface area contributed by atoms with Gasteiger partial charge in [-0.1, -0.05) is 44.2 Å². The van der Waals surface area contributed by atoms with E-state index in [1.807, 2.05) is 31.3 Å². The third-order valence-electron chi connectivity index (χ3n) is 3.81. The van der Waals surface area contributed by atoms with Gasteiger partial charge in [0.05, 0.1) is 0 Å². The molecule has 0 aliphatic rings. The summed E-state index contributed by atoms with van der Waals surface area (Å²) in [5.74, 6) is 0.318. The molecular formula is C18H22FN. The molecule has 0 aromatic heterocycles. The Morgan fingerprint density at radius 1 is 0.900 bits per heavy atom. The average molecular weight is 271 g/mol. The van der Waals surface area contributed by atoms with Crippen molar-refractivity contribution in [3.05, 3.63) is 59.4 Å². The molecule has 0 spiro atoms. The predicted molar refractivity (Wildman–Crippen MR) is 83.4 cm³/mol. The summed E-state index contributed by atoms with van der Waals surface area (Å²) in [6, 6.07) is 13.7. The summed E-state index contributed by atoms with van der Waals surface area (Å²) in [7, 11) is 1.91. The van der Waals surface area contributed by atoms with Crippen LogP contribution in [0.4, 0.5) is 4.39 Å². The van der Waals surface area contributed by atoms with E-state index in [0.717, 1.165) is 11.1 Å². The van der Waals surface area contributed by atoms with Crippen LogP contribution in [0.5, 0.6) is 0 Å². The lowest BCUT2D eigenvalue weighted by atomic mass is 9.96. The molecule has 0 radical (unpaired) electrons. The van der Waals surface area contributed by atoms with Gasteiger partial charge in [0, 0.05) is 11.6 Å². The van der Waals surface area contributed by atoms with Crippen LogP contribution in [0.2, 0.25) is 0 Å². The largest absolute Gasteiger partial charge is 0.313 e. The van der Waals surface area contributed by atoms with Crippen LogP contribution >= 0.6 is 0 Å². The van der Waals surface area contributed by atoms with E-state index in [-0.39, 0.29) is 11.9 Å². The van der Waals surface area contributed by atoms with Gasteiger partial charge in [0.2, 0.25) is 0 Å². The minimum atomic E-state index is -0.172. The first-order valence-corrected chi connectivity index (χ1v) is 7.10. The van der Waals surface area contributed by atoms with Crippen LogP contribution in [0.1, 0.15) is 43.9 Å². The molecule has 1 N–H and O–H groups in total. The summed E-state index contributed by atoms with van der Waals surface area (Å²) in [4.78, 5) is 0. The van der Waals surface area contributed by atoms with Crippen LogP contribution in [0.25, 0.3) is 11.1 Å². The van der Waals surface area contributed by atoms with E-state index in [9.17, 15) is 4.39 Å². The highest BCUT2D eigenvalue weighted by atomic mass is 19.1. The lowest BCUT2D eigenvalue weighted by Gasteiger charge is -2.13. The molecule has 1 nitrogen and oxygen atoms in total.